The average Bonchev–Trinajstić information content (AvgIpc) is 2.20. The van der Waals surface area contributed by atoms with Gasteiger partial charge < -0.3 is 5.32 Å². The molecule has 0 aromatic heterocycles. The fourth-order valence-electron chi connectivity index (χ4n) is 1.27. The molecule has 0 aliphatic rings. The van der Waals surface area contributed by atoms with Crippen molar-refractivity contribution in [3.63, 3.8) is 0 Å². The van der Waals surface area contributed by atoms with E-state index in [0.29, 0.717) is 6.04 Å². The predicted octanol–water partition coefficient (Wildman–Crippen LogP) is 3.54. The van der Waals surface area contributed by atoms with Gasteiger partial charge in [0, 0.05) is 17.6 Å². The molecule has 2 heteroatoms. The Morgan fingerprint density at radius 1 is 1.43 bits per heavy atom. The van der Waals surface area contributed by atoms with Crippen LogP contribution in [0.4, 0.5) is 0 Å². The summed E-state index contributed by atoms with van der Waals surface area (Å²) < 4.78 is 0. The molecule has 0 saturated heterocycles. The van der Waals surface area contributed by atoms with Crippen LogP contribution < -0.4 is 5.32 Å². The summed E-state index contributed by atoms with van der Waals surface area (Å²) >= 11 is 6.04. The van der Waals surface area contributed by atoms with E-state index < -0.39 is 0 Å². The second-order valence-corrected chi connectivity index (χ2v) is 4.12. The van der Waals surface area contributed by atoms with E-state index in [9.17, 15) is 0 Å². The molecule has 1 aromatic carbocycles. The molecule has 1 unspecified atom stereocenters. The van der Waals surface area contributed by atoms with Crippen LogP contribution in [0.2, 0.25) is 5.02 Å². The summed E-state index contributed by atoms with van der Waals surface area (Å²) in [6.07, 6.45) is 1.15. The zero-order valence-electron chi connectivity index (χ0n) is 9.10. The zero-order chi connectivity index (χ0) is 10.6. The van der Waals surface area contributed by atoms with E-state index in [4.69, 9.17) is 11.6 Å². The van der Waals surface area contributed by atoms with E-state index in [2.05, 4.69) is 32.2 Å². The highest BCUT2D eigenvalue weighted by atomic mass is 35.5. The first-order chi connectivity index (χ1) is 6.65. The summed E-state index contributed by atoms with van der Waals surface area (Å²) in [6, 6.07) is 6.62. The minimum Gasteiger partial charge on any atom is -0.310 e. The van der Waals surface area contributed by atoms with Gasteiger partial charge in [-0.05, 0) is 37.5 Å². The molecule has 0 fully saturated rings. The normalized spacial score (nSPS) is 12.9. The molecule has 0 amide bonds. The maximum atomic E-state index is 6.04. The first-order valence-corrected chi connectivity index (χ1v) is 5.50. The van der Waals surface area contributed by atoms with E-state index in [-0.39, 0.29) is 0 Å². The highest BCUT2D eigenvalue weighted by molar-refractivity contribution is 6.31. The van der Waals surface area contributed by atoms with Gasteiger partial charge in [0.1, 0.15) is 0 Å². The number of halogens is 1. The van der Waals surface area contributed by atoms with E-state index in [1.807, 2.05) is 12.1 Å². The first-order valence-electron chi connectivity index (χ1n) is 5.12. The van der Waals surface area contributed by atoms with Crippen molar-refractivity contribution in [3.05, 3.63) is 34.3 Å². The van der Waals surface area contributed by atoms with Gasteiger partial charge in [-0.2, -0.15) is 0 Å². The van der Waals surface area contributed by atoms with Gasteiger partial charge in [0.25, 0.3) is 0 Å². The standard InChI is InChI=1S/C12H18ClN/c1-4-9(2)14-8-11-6-5-7-12(13)10(11)3/h5-7,9,14H,4,8H2,1-3H3. The van der Waals surface area contributed by atoms with Crippen molar-refractivity contribution in [2.45, 2.75) is 39.8 Å². The smallest absolute Gasteiger partial charge is 0.0438 e. The third-order valence-electron chi connectivity index (χ3n) is 2.63. The molecule has 0 bridgehead atoms. The van der Waals surface area contributed by atoms with E-state index in [1.165, 1.54) is 11.1 Å². The Kier molecular flexibility index (Phi) is 4.43. The van der Waals surface area contributed by atoms with Crippen LogP contribution in [0.15, 0.2) is 18.2 Å². The number of hydrogen-bond acceptors (Lipinski definition) is 1. The van der Waals surface area contributed by atoms with Gasteiger partial charge in [-0.3, -0.25) is 0 Å². The number of benzene rings is 1. The van der Waals surface area contributed by atoms with Crippen LogP contribution in [0.25, 0.3) is 0 Å². The van der Waals surface area contributed by atoms with Crippen molar-refractivity contribution in [2.75, 3.05) is 0 Å². The topological polar surface area (TPSA) is 12.0 Å². The second-order valence-electron chi connectivity index (χ2n) is 3.71. The third-order valence-corrected chi connectivity index (χ3v) is 3.04. The highest BCUT2D eigenvalue weighted by Gasteiger charge is 2.03. The van der Waals surface area contributed by atoms with E-state index in [1.54, 1.807) is 0 Å². The lowest BCUT2D eigenvalue weighted by Gasteiger charge is -2.13. The van der Waals surface area contributed by atoms with Crippen molar-refractivity contribution in [2.24, 2.45) is 0 Å². The Morgan fingerprint density at radius 2 is 2.14 bits per heavy atom. The molecule has 0 radical (unpaired) electrons. The van der Waals surface area contributed by atoms with Crippen LogP contribution in [0, 0.1) is 6.92 Å². The van der Waals surface area contributed by atoms with Crippen molar-refractivity contribution in [1.82, 2.24) is 5.32 Å². The predicted molar refractivity (Wildman–Crippen MR) is 62.8 cm³/mol. The number of hydrogen-bond donors (Lipinski definition) is 1. The molecule has 1 nitrogen and oxygen atoms in total. The van der Waals surface area contributed by atoms with Gasteiger partial charge in [0.15, 0.2) is 0 Å². The first kappa shape index (κ1) is 11.5. The van der Waals surface area contributed by atoms with Gasteiger partial charge >= 0.3 is 0 Å². The Balaban J connectivity index is 2.63. The molecular formula is C12H18ClN. The van der Waals surface area contributed by atoms with E-state index >= 15 is 0 Å². The largest absolute Gasteiger partial charge is 0.310 e. The van der Waals surface area contributed by atoms with Gasteiger partial charge in [-0.15, -0.1) is 0 Å². The number of rotatable bonds is 4. The Morgan fingerprint density at radius 3 is 2.79 bits per heavy atom. The minimum atomic E-state index is 0.563. The average molecular weight is 212 g/mol. The lowest BCUT2D eigenvalue weighted by atomic mass is 10.1. The van der Waals surface area contributed by atoms with Gasteiger partial charge in [0.2, 0.25) is 0 Å². The van der Waals surface area contributed by atoms with Crippen molar-refractivity contribution >= 4 is 11.6 Å². The maximum absolute atomic E-state index is 6.04. The summed E-state index contributed by atoms with van der Waals surface area (Å²) in [6.45, 7) is 7.35. The molecule has 0 spiro atoms. The summed E-state index contributed by atoms with van der Waals surface area (Å²) in [5.41, 5.74) is 2.47. The molecule has 1 N–H and O–H groups in total. The zero-order valence-corrected chi connectivity index (χ0v) is 9.86. The van der Waals surface area contributed by atoms with Crippen LogP contribution in [0.3, 0.4) is 0 Å². The molecule has 0 heterocycles. The monoisotopic (exact) mass is 211 g/mol. The SMILES string of the molecule is CCC(C)NCc1cccc(Cl)c1C. The quantitative estimate of drug-likeness (QED) is 0.804. The maximum Gasteiger partial charge on any atom is 0.0438 e. The van der Waals surface area contributed by atoms with Crippen molar-refractivity contribution in [1.29, 1.82) is 0 Å². The van der Waals surface area contributed by atoms with Crippen molar-refractivity contribution < 1.29 is 0 Å². The Labute approximate surface area is 91.5 Å². The summed E-state index contributed by atoms with van der Waals surface area (Å²) in [7, 11) is 0. The third kappa shape index (κ3) is 3.00. The molecule has 1 aromatic rings. The van der Waals surface area contributed by atoms with Crippen LogP contribution in [0.5, 0.6) is 0 Å². The van der Waals surface area contributed by atoms with Crippen LogP contribution in [0.1, 0.15) is 31.4 Å². The fraction of sp³-hybridized carbons (Fsp3) is 0.500. The van der Waals surface area contributed by atoms with Crippen LogP contribution >= 0.6 is 11.6 Å². The molecule has 0 saturated carbocycles. The lowest BCUT2D eigenvalue weighted by Crippen LogP contribution is -2.24. The molecule has 14 heavy (non-hydrogen) atoms. The number of nitrogens with one attached hydrogen (secondary N) is 1. The molecule has 78 valence electrons. The van der Waals surface area contributed by atoms with Gasteiger partial charge in [-0.25, -0.2) is 0 Å². The molecule has 1 atom stereocenters. The molecule has 1 rings (SSSR count). The summed E-state index contributed by atoms with van der Waals surface area (Å²) in [5, 5.41) is 4.31. The summed E-state index contributed by atoms with van der Waals surface area (Å²) in [4.78, 5) is 0. The van der Waals surface area contributed by atoms with Crippen LogP contribution in [-0.4, -0.2) is 6.04 Å². The molecule has 0 aliphatic carbocycles. The summed E-state index contributed by atoms with van der Waals surface area (Å²) in [5.74, 6) is 0. The Hall–Kier alpha value is -0.530. The second kappa shape index (κ2) is 5.38. The fourth-order valence-corrected chi connectivity index (χ4v) is 1.47. The highest BCUT2D eigenvalue weighted by Crippen LogP contribution is 2.18. The van der Waals surface area contributed by atoms with E-state index in [0.717, 1.165) is 18.0 Å². The van der Waals surface area contributed by atoms with Gasteiger partial charge in [0.05, 0.1) is 0 Å². The van der Waals surface area contributed by atoms with Crippen LogP contribution in [-0.2, 0) is 6.54 Å². The van der Waals surface area contributed by atoms with Gasteiger partial charge in [-0.1, -0.05) is 30.7 Å². The molecular weight excluding hydrogens is 194 g/mol. The Bertz CT molecular complexity index is 296. The molecule has 0 aliphatic heterocycles. The van der Waals surface area contributed by atoms with Crippen molar-refractivity contribution in [3.8, 4) is 0 Å². The lowest BCUT2D eigenvalue weighted by molar-refractivity contribution is 0.533. The minimum absolute atomic E-state index is 0.563.